The summed E-state index contributed by atoms with van der Waals surface area (Å²) in [5.41, 5.74) is 1.27. The number of benzene rings is 1. The van der Waals surface area contributed by atoms with Crippen molar-refractivity contribution in [3.63, 3.8) is 0 Å². The zero-order chi connectivity index (χ0) is 27.0. The van der Waals surface area contributed by atoms with Crippen LogP contribution in [0.2, 0.25) is 10.3 Å². The first-order valence-corrected chi connectivity index (χ1v) is 15.1. The second kappa shape index (κ2) is 11.2. The largest absolute Gasteiger partial charge is 0.390 e. The molecule has 2 aromatic heterocycles. The molecule has 202 valence electrons. The van der Waals surface area contributed by atoms with Gasteiger partial charge < -0.3 is 34.4 Å². The molecule has 5 atom stereocenters. The smallest absolute Gasteiger partial charge is 0.342 e. The van der Waals surface area contributed by atoms with Crippen LogP contribution in [0.4, 0.5) is 5.82 Å². The van der Waals surface area contributed by atoms with E-state index >= 15 is 0 Å². The minimum Gasteiger partial charge on any atom is -0.390 e. The van der Waals surface area contributed by atoms with Gasteiger partial charge in [-0.15, -0.1) is 5.10 Å². The van der Waals surface area contributed by atoms with Crippen molar-refractivity contribution in [1.29, 1.82) is 0 Å². The highest BCUT2D eigenvalue weighted by molar-refractivity contribution is 7.70. The molecule has 0 amide bonds. The van der Waals surface area contributed by atoms with E-state index in [9.17, 15) is 19.3 Å². The molecule has 1 aliphatic carbocycles. The van der Waals surface area contributed by atoms with Gasteiger partial charge >= 0.3 is 15.2 Å². The van der Waals surface area contributed by atoms with Gasteiger partial charge in [0.25, 0.3) is 0 Å². The molecule has 1 aromatic carbocycles. The summed E-state index contributed by atoms with van der Waals surface area (Å²) in [4.78, 5) is 26.6. The fourth-order valence-corrected chi connectivity index (χ4v) is 7.55. The van der Waals surface area contributed by atoms with Crippen molar-refractivity contribution in [1.82, 2.24) is 25.0 Å². The highest BCUT2D eigenvalue weighted by atomic mass is 35.5. The van der Waals surface area contributed by atoms with Crippen LogP contribution in [0, 0.1) is 5.92 Å². The fraction of sp³-hybridized carbons (Fsp3) is 0.474. The predicted molar refractivity (Wildman–Crippen MR) is 134 cm³/mol. The Morgan fingerprint density at radius 3 is 2.57 bits per heavy atom. The third-order valence-corrected chi connectivity index (χ3v) is 10.4. The molecule has 0 spiro atoms. The van der Waals surface area contributed by atoms with Crippen molar-refractivity contribution in [2.75, 3.05) is 24.9 Å². The van der Waals surface area contributed by atoms with Gasteiger partial charge in [-0.25, -0.2) is 4.68 Å². The van der Waals surface area contributed by atoms with Crippen LogP contribution in [0.5, 0.6) is 0 Å². The van der Waals surface area contributed by atoms with E-state index in [0.29, 0.717) is 11.6 Å². The Hall–Kier alpha value is -1.70. The number of hydrogen-bond donors (Lipinski definition) is 5. The average Bonchev–Trinajstić information content (AvgIpc) is 3.36. The van der Waals surface area contributed by atoms with Crippen molar-refractivity contribution >= 4 is 55.4 Å². The maximum atomic E-state index is 12.5. The van der Waals surface area contributed by atoms with Gasteiger partial charge in [0.05, 0.1) is 18.8 Å². The lowest BCUT2D eigenvalue weighted by molar-refractivity contribution is -0.00387. The normalized spacial score (nSPS) is 23.9. The van der Waals surface area contributed by atoms with Gasteiger partial charge in [0.2, 0.25) is 5.28 Å². The van der Waals surface area contributed by atoms with E-state index in [2.05, 4.69) is 25.6 Å². The van der Waals surface area contributed by atoms with Crippen LogP contribution in [-0.2, 0) is 24.7 Å². The Kier molecular flexibility index (Phi) is 8.56. The van der Waals surface area contributed by atoms with Crippen LogP contribution >= 0.6 is 38.4 Å². The van der Waals surface area contributed by atoms with Crippen LogP contribution in [0.3, 0.4) is 0 Å². The second-order valence-corrected chi connectivity index (χ2v) is 13.5. The number of aliphatic hydroxyl groups excluding tert-OH is 2. The van der Waals surface area contributed by atoms with E-state index in [1.807, 2.05) is 18.2 Å². The lowest BCUT2D eigenvalue weighted by Crippen LogP contribution is -2.31. The predicted octanol–water partition coefficient (Wildman–Crippen LogP) is 2.41. The van der Waals surface area contributed by atoms with E-state index in [0.717, 1.165) is 12.7 Å². The molecule has 14 nitrogen and oxygen atoms in total. The SMILES string of the molecule is COP(=O)(CP(=O)(O)O)OC[C@H]1C[C@@H](n2nnc3c(NCc4ccccc4Cl)nc(Cl)nc32)[C@H](O)[C@@H]1O. The molecule has 37 heavy (non-hydrogen) atoms. The number of nitrogens with one attached hydrogen (secondary N) is 1. The van der Waals surface area contributed by atoms with Crippen molar-refractivity contribution in [2.24, 2.45) is 5.92 Å². The second-order valence-electron chi connectivity index (χ2n) is 8.43. The number of rotatable bonds is 10. The van der Waals surface area contributed by atoms with E-state index < -0.39 is 51.9 Å². The summed E-state index contributed by atoms with van der Waals surface area (Å²) in [6.07, 6.45) is -2.58. The Morgan fingerprint density at radius 1 is 1.16 bits per heavy atom. The lowest BCUT2D eigenvalue weighted by atomic mass is 10.1. The van der Waals surface area contributed by atoms with Crippen LogP contribution in [-0.4, -0.2) is 76.8 Å². The first-order chi connectivity index (χ1) is 17.4. The molecule has 1 unspecified atom stereocenters. The van der Waals surface area contributed by atoms with Gasteiger partial charge in [-0.1, -0.05) is 35.0 Å². The quantitative estimate of drug-likeness (QED) is 0.169. The third kappa shape index (κ3) is 6.48. The molecule has 3 aromatic rings. The molecule has 0 saturated heterocycles. The maximum absolute atomic E-state index is 12.5. The molecule has 18 heteroatoms. The molecule has 0 aliphatic heterocycles. The highest BCUT2D eigenvalue weighted by Crippen LogP contribution is 2.59. The van der Waals surface area contributed by atoms with Gasteiger partial charge in [-0.05, 0) is 29.7 Å². The van der Waals surface area contributed by atoms with Crippen LogP contribution in [0.25, 0.3) is 11.2 Å². The van der Waals surface area contributed by atoms with E-state index in [1.165, 1.54) is 4.68 Å². The molecular formula is C19H24Cl2N6O8P2. The Balaban J connectivity index is 1.53. The number of aliphatic hydroxyl groups is 2. The number of aromatic nitrogens is 5. The summed E-state index contributed by atoms with van der Waals surface area (Å²) in [5, 5.41) is 33.1. The highest BCUT2D eigenvalue weighted by Gasteiger charge is 2.45. The van der Waals surface area contributed by atoms with E-state index in [-0.39, 0.29) is 28.7 Å². The zero-order valence-electron chi connectivity index (χ0n) is 19.3. The Labute approximate surface area is 220 Å². The van der Waals surface area contributed by atoms with Gasteiger partial charge in [-0.2, -0.15) is 9.97 Å². The van der Waals surface area contributed by atoms with Gasteiger partial charge in [-0.3, -0.25) is 9.13 Å². The first kappa shape index (κ1) is 28.3. The first-order valence-electron chi connectivity index (χ1n) is 10.9. The minimum atomic E-state index is -4.70. The summed E-state index contributed by atoms with van der Waals surface area (Å²) in [7, 11) is -7.83. The molecule has 2 heterocycles. The van der Waals surface area contributed by atoms with Crippen molar-refractivity contribution in [3.8, 4) is 0 Å². The number of hydrogen-bond acceptors (Lipinski definition) is 11. The summed E-state index contributed by atoms with van der Waals surface area (Å²) in [6.45, 7) is -0.0832. The van der Waals surface area contributed by atoms with Crippen LogP contribution in [0.1, 0.15) is 18.0 Å². The van der Waals surface area contributed by atoms with Crippen molar-refractivity contribution < 1.29 is 38.2 Å². The van der Waals surface area contributed by atoms with E-state index in [1.54, 1.807) is 6.07 Å². The zero-order valence-corrected chi connectivity index (χ0v) is 22.6. The Bertz CT molecular complexity index is 1370. The summed E-state index contributed by atoms with van der Waals surface area (Å²) < 4.78 is 35.0. The summed E-state index contributed by atoms with van der Waals surface area (Å²) >= 11 is 12.3. The summed E-state index contributed by atoms with van der Waals surface area (Å²) in [6, 6.07) is 6.42. The summed E-state index contributed by atoms with van der Waals surface area (Å²) in [5.74, 6) is -1.60. The minimum absolute atomic E-state index is 0.0877. The van der Waals surface area contributed by atoms with Crippen molar-refractivity contribution in [2.45, 2.75) is 31.2 Å². The molecule has 1 saturated carbocycles. The van der Waals surface area contributed by atoms with Crippen molar-refractivity contribution in [3.05, 3.63) is 40.1 Å². The molecule has 1 fully saturated rings. The average molecular weight is 597 g/mol. The molecule has 1 aliphatic rings. The monoisotopic (exact) mass is 596 g/mol. The number of anilines is 1. The van der Waals surface area contributed by atoms with E-state index in [4.69, 9.17) is 42.0 Å². The molecular weight excluding hydrogens is 573 g/mol. The molecule has 0 bridgehead atoms. The molecule has 5 N–H and O–H groups in total. The standard InChI is InChI=1S/C19H24Cl2N6O8P2/c1-34-37(33,9-36(30,31)32)35-8-11-6-13(16(29)15(11)28)27-18-14(25-26-27)17(23-19(21)24-18)22-7-10-4-2-3-5-12(10)20/h2-5,11,13,15-16,28-29H,6-9H2,1H3,(H,22,23,24)(H2,30,31,32)/t11-,13-,15-,16+,37?/m1/s1. The Morgan fingerprint density at radius 2 is 1.89 bits per heavy atom. The lowest BCUT2D eigenvalue weighted by Gasteiger charge is -2.21. The van der Waals surface area contributed by atoms with Crippen LogP contribution in [0.15, 0.2) is 24.3 Å². The van der Waals surface area contributed by atoms with Crippen LogP contribution < -0.4 is 5.32 Å². The topological polar surface area (TPSA) is 202 Å². The maximum Gasteiger partial charge on any atom is 0.342 e. The molecule has 0 radical (unpaired) electrons. The molecule has 4 rings (SSSR count). The fourth-order valence-electron chi connectivity index (χ4n) is 4.06. The number of fused-ring (bicyclic) bond motifs is 1. The van der Waals surface area contributed by atoms with Gasteiger partial charge in [0.1, 0.15) is 6.10 Å². The van der Waals surface area contributed by atoms with Gasteiger partial charge in [0, 0.05) is 24.6 Å². The third-order valence-electron chi connectivity index (χ3n) is 5.91. The number of halogens is 2. The van der Waals surface area contributed by atoms with Gasteiger partial charge in [0.15, 0.2) is 22.9 Å². The number of nitrogens with zero attached hydrogens (tertiary/aromatic N) is 5.